The molecule has 0 aromatic heterocycles. The zero-order valence-electron chi connectivity index (χ0n) is 18.9. The molecule has 0 aliphatic rings. The molecule has 178 valence electrons. The standard InChI is InChI=1S/C22H34N4O4S2/c1-18(2)31(27,28)26-21-8-6-7-20(17-21)24-16-15-23-13-4-5-14-25-32(29,30)22-11-9-19(3)10-12-22/h6-12,17-18,23-26H,4-5,13-16H2,1-3H3. The Morgan fingerprint density at radius 2 is 1.47 bits per heavy atom. The van der Waals surface area contributed by atoms with Crippen molar-refractivity contribution in [3.63, 3.8) is 0 Å². The van der Waals surface area contributed by atoms with E-state index < -0.39 is 25.3 Å². The molecule has 0 heterocycles. The molecule has 0 atom stereocenters. The Bertz CT molecular complexity index is 1050. The van der Waals surface area contributed by atoms with Gasteiger partial charge in [-0.2, -0.15) is 0 Å². The van der Waals surface area contributed by atoms with Gasteiger partial charge in [-0.15, -0.1) is 0 Å². The lowest BCUT2D eigenvalue weighted by molar-refractivity contribution is 0.572. The Morgan fingerprint density at radius 3 is 2.16 bits per heavy atom. The fraction of sp³-hybridized carbons (Fsp3) is 0.455. The molecule has 0 amide bonds. The normalized spacial score (nSPS) is 12.1. The number of aryl methyl sites for hydroxylation is 1. The number of rotatable bonds is 14. The maximum Gasteiger partial charge on any atom is 0.240 e. The van der Waals surface area contributed by atoms with Crippen LogP contribution in [0, 0.1) is 6.92 Å². The first-order valence-electron chi connectivity index (χ1n) is 10.7. The summed E-state index contributed by atoms with van der Waals surface area (Å²) in [6.07, 6.45) is 1.59. The SMILES string of the molecule is Cc1ccc(S(=O)(=O)NCCCCNCCNc2cccc(NS(=O)(=O)C(C)C)c2)cc1. The number of anilines is 2. The predicted octanol–water partition coefficient (Wildman–Crippen LogP) is 2.91. The van der Waals surface area contributed by atoms with Crippen LogP contribution in [-0.4, -0.2) is 48.3 Å². The molecular formula is C22H34N4O4S2. The van der Waals surface area contributed by atoms with Crippen LogP contribution in [0.15, 0.2) is 53.4 Å². The van der Waals surface area contributed by atoms with E-state index in [1.165, 1.54) is 0 Å². The zero-order chi connectivity index (χ0) is 23.6. The van der Waals surface area contributed by atoms with Crippen molar-refractivity contribution in [1.82, 2.24) is 10.0 Å². The molecule has 0 saturated carbocycles. The van der Waals surface area contributed by atoms with E-state index in [-0.39, 0.29) is 4.90 Å². The highest BCUT2D eigenvalue weighted by atomic mass is 32.2. The second kappa shape index (κ2) is 12.2. The van der Waals surface area contributed by atoms with Crippen LogP contribution in [0.4, 0.5) is 11.4 Å². The van der Waals surface area contributed by atoms with Crippen molar-refractivity contribution >= 4 is 31.4 Å². The van der Waals surface area contributed by atoms with Crippen LogP contribution in [0.3, 0.4) is 0 Å². The minimum absolute atomic E-state index is 0.286. The molecule has 2 aromatic rings. The molecule has 32 heavy (non-hydrogen) atoms. The lowest BCUT2D eigenvalue weighted by atomic mass is 10.2. The van der Waals surface area contributed by atoms with E-state index in [2.05, 4.69) is 20.1 Å². The van der Waals surface area contributed by atoms with Crippen molar-refractivity contribution in [2.24, 2.45) is 0 Å². The summed E-state index contributed by atoms with van der Waals surface area (Å²) in [5.74, 6) is 0. The lowest BCUT2D eigenvalue weighted by Crippen LogP contribution is -2.26. The summed E-state index contributed by atoms with van der Waals surface area (Å²) in [5.41, 5.74) is 2.39. The number of benzene rings is 2. The Kier molecular flexibility index (Phi) is 9.95. The molecule has 2 rings (SSSR count). The van der Waals surface area contributed by atoms with Gasteiger partial charge in [0.15, 0.2) is 0 Å². The van der Waals surface area contributed by atoms with Crippen LogP contribution < -0.4 is 20.1 Å². The molecular weight excluding hydrogens is 448 g/mol. The molecule has 2 aromatic carbocycles. The highest BCUT2D eigenvalue weighted by Crippen LogP contribution is 2.17. The molecule has 0 unspecified atom stereocenters. The molecule has 8 nitrogen and oxygen atoms in total. The molecule has 0 spiro atoms. The second-order valence-corrected chi connectivity index (χ2v) is 11.9. The summed E-state index contributed by atoms with van der Waals surface area (Å²) >= 11 is 0. The fourth-order valence-corrected chi connectivity index (χ4v) is 4.54. The molecule has 0 aliphatic heterocycles. The Balaban J connectivity index is 1.60. The van der Waals surface area contributed by atoms with Crippen molar-refractivity contribution in [1.29, 1.82) is 0 Å². The largest absolute Gasteiger partial charge is 0.384 e. The van der Waals surface area contributed by atoms with Gasteiger partial charge < -0.3 is 10.6 Å². The molecule has 0 aliphatic carbocycles. The quantitative estimate of drug-likeness (QED) is 0.308. The van der Waals surface area contributed by atoms with Gasteiger partial charge in [0.25, 0.3) is 0 Å². The fourth-order valence-electron chi connectivity index (χ4n) is 2.78. The average molecular weight is 483 g/mol. The molecule has 0 saturated heterocycles. The van der Waals surface area contributed by atoms with Gasteiger partial charge in [-0.3, -0.25) is 4.72 Å². The van der Waals surface area contributed by atoms with Crippen LogP contribution in [0.1, 0.15) is 32.3 Å². The van der Waals surface area contributed by atoms with Crippen LogP contribution in [0.5, 0.6) is 0 Å². The third-order valence-corrected chi connectivity index (χ3v) is 8.02. The Morgan fingerprint density at radius 1 is 0.812 bits per heavy atom. The van der Waals surface area contributed by atoms with E-state index in [0.29, 0.717) is 18.8 Å². The zero-order valence-corrected chi connectivity index (χ0v) is 20.5. The van der Waals surface area contributed by atoms with Crippen LogP contribution >= 0.6 is 0 Å². The summed E-state index contributed by atoms with van der Waals surface area (Å²) in [6.45, 7) is 7.78. The van der Waals surface area contributed by atoms with Gasteiger partial charge in [-0.05, 0) is 70.5 Å². The van der Waals surface area contributed by atoms with Crippen molar-refractivity contribution < 1.29 is 16.8 Å². The smallest absolute Gasteiger partial charge is 0.240 e. The minimum atomic E-state index is -3.45. The maximum absolute atomic E-state index is 12.2. The number of nitrogens with one attached hydrogen (secondary N) is 4. The molecule has 4 N–H and O–H groups in total. The molecule has 10 heteroatoms. The van der Waals surface area contributed by atoms with E-state index in [4.69, 9.17) is 0 Å². The van der Waals surface area contributed by atoms with Gasteiger partial charge in [0.05, 0.1) is 15.8 Å². The Labute approximate surface area is 192 Å². The summed E-state index contributed by atoms with van der Waals surface area (Å²) in [5, 5.41) is 6.06. The molecule has 0 radical (unpaired) electrons. The topological polar surface area (TPSA) is 116 Å². The molecule has 0 bridgehead atoms. The van der Waals surface area contributed by atoms with Crippen LogP contribution in [0.2, 0.25) is 0 Å². The van der Waals surface area contributed by atoms with Crippen LogP contribution in [0.25, 0.3) is 0 Å². The van der Waals surface area contributed by atoms with Gasteiger partial charge in [-0.25, -0.2) is 21.6 Å². The minimum Gasteiger partial charge on any atom is -0.384 e. The predicted molar refractivity (Wildman–Crippen MR) is 131 cm³/mol. The highest BCUT2D eigenvalue weighted by Gasteiger charge is 2.15. The van der Waals surface area contributed by atoms with Crippen molar-refractivity contribution in [3.05, 3.63) is 54.1 Å². The highest BCUT2D eigenvalue weighted by molar-refractivity contribution is 7.93. The third-order valence-electron chi connectivity index (χ3n) is 4.78. The van der Waals surface area contributed by atoms with E-state index in [1.807, 2.05) is 13.0 Å². The van der Waals surface area contributed by atoms with Gasteiger partial charge in [0, 0.05) is 25.3 Å². The van der Waals surface area contributed by atoms with Crippen molar-refractivity contribution in [2.45, 2.75) is 43.8 Å². The second-order valence-electron chi connectivity index (χ2n) is 7.87. The monoisotopic (exact) mass is 482 g/mol. The molecule has 0 fully saturated rings. The Hall–Kier alpha value is -2.14. The van der Waals surface area contributed by atoms with Gasteiger partial charge in [-0.1, -0.05) is 23.8 Å². The van der Waals surface area contributed by atoms with E-state index >= 15 is 0 Å². The number of sulfonamides is 2. The average Bonchev–Trinajstić information content (AvgIpc) is 2.72. The van der Waals surface area contributed by atoms with Crippen LogP contribution in [-0.2, 0) is 20.0 Å². The number of hydrogen-bond donors (Lipinski definition) is 4. The van der Waals surface area contributed by atoms with E-state index in [0.717, 1.165) is 37.2 Å². The first kappa shape index (κ1) is 26.1. The van der Waals surface area contributed by atoms with Gasteiger partial charge >= 0.3 is 0 Å². The summed E-state index contributed by atoms with van der Waals surface area (Å²) in [6, 6.07) is 14.0. The van der Waals surface area contributed by atoms with Crippen molar-refractivity contribution in [3.8, 4) is 0 Å². The van der Waals surface area contributed by atoms with Crippen molar-refractivity contribution in [2.75, 3.05) is 36.2 Å². The number of unbranched alkanes of at least 4 members (excludes halogenated alkanes) is 1. The summed E-state index contributed by atoms with van der Waals surface area (Å²) in [7, 11) is -6.82. The number of hydrogen-bond acceptors (Lipinski definition) is 6. The summed E-state index contributed by atoms with van der Waals surface area (Å²) in [4.78, 5) is 0.286. The maximum atomic E-state index is 12.2. The first-order chi connectivity index (χ1) is 15.1. The lowest BCUT2D eigenvalue weighted by Gasteiger charge is -2.13. The first-order valence-corrected chi connectivity index (χ1v) is 13.8. The van der Waals surface area contributed by atoms with Gasteiger partial charge in [0.1, 0.15) is 0 Å². The van der Waals surface area contributed by atoms with Gasteiger partial charge in [0.2, 0.25) is 20.0 Å². The third kappa shape index (κ3) is 8.78. The summed E-state index contributed by atoms with van der Waals surface area (Å²) < 4.78 is 53.6. The van der Waals surface area contributed by atoms with E-state index in [9.17, 15) is 16.8 Å². The van der Waals surface area contributed by atoms with E-state index in [1.54, 1.807) is 56.3 Å².